The minimum absolute atomic E-state index is 0.898. The van der Waals surface area contributed by atoms with Crippen LogP contribution in [0.4, 0.5) is 0 Å². The summed E-state index contributed by atoms with van der Waals surface area (Å²) in [4.78, 5) is 0. The van der Waals surface area contributed by atoms with E-state index in [2.05, 4.69) is 27.7 Å². The summed E-state index contributed by atoms with van der Waals surface area (Å²) in [5, 5.41) is 0. The van der Waals surface area contributed by atoms with Gasteiger partial charge in [-0.15, -0.1) is 0 Å². The summed E-state index contributed by atoms with van der Waals surface area (Å²) in [5.41, 5.74) is 0. The summed E-state index contributed by atoms with van der Waals surface area (Å²) < 4.78 is 12.5. The standard InChI is InChI=1S/C15H34O2Si/c1-5-9-12-15-18(8-4,16-13-10-6-2)17-14-11-7-3/h5-15H2,1-4H3. The zero-order valence-electron chi connectivity index (χ0n) is 13.1. The van der Waals surface area contributed by atoms with Crippen molar-refractivity contribution in [1.82, 2.24) is 0 Å². The summed E-state index contributed by atoms with van der Waals surface area (Å²) >= 11 is 0. The highest BCUT2D eigenvalue weighted by Gasteiger charge is 2.34. The molecule has 0 amide bonds. The first-order chi connectivity index (χ1) is 8.74. The predicted molar refractivity (Wildman–Crippen MR) is 82.3 cm³/mol. The van der Waals surface area contributed by atoms with Crippen LogP contribution in [0.2, 0.25) is 12.1 Å². The molecule has 18 heavy (non-hydrogen) atoms. The van der Waals surface area contributed by atoms with E-state index in [-0.39, 0.29) is 0 Å². The molecule has 0 bridgehead atoms. The van der Waals surface area contributed by atoms with Crippen molar-refractivity contribution in [2.45, 2.75) is 84.7 Å². The van der Waals surface area contributed by atoms with E-state index in [1.165, 1.54) is 51.0 Å². The molecule has 0 aliphatic rings. The molecule has 0 aromatic rings. The molecule has 0 aliphatic heterocycles. The van der Waals surface area contributed by atoms with Crippen molar-refractivity contribution >= 4 is 8.56 Å². The van der Waals surface area contributed by atoms with Crippen LogP contribution in [0.15, 0.2) is 0 Å². The highest BCUT2D eigenvalue weighted by Crippen LogP contribution is 2.23. The van der Waals surface area contributed by atoms with Crippen LogP contribution in [0.1, 0.15) is 72.6 Å². The van der Waals surface area contributed by atoms with E-state index in [9.17, 15) is 0 Å². The Balaban J connectivity index is 4.20. The van der Waals surface area contributed by atoms with E-state index in [1.807, 2.05) is 0 Å². The van der Waals surface area contributed by atoms with Crippen molar-refractivity contribution in [3.05, 3.63) is 0 Å². The first-order valence-electron chi connectivity index (χ1n) is 8.02. The predicted octanol–water partition coefficient (Wildman–Crippen LogP) is 5.27. The van der Waals surface area contributed by atoms with Gasteiger partial charge in [0.2, 0.25) is 0 Å². The molecule has 0 N–H and O–H groups in total. The van der Waals surface area contributed by atoms with Crippen molar-refractivity contribution in [3.63, 3.8) is 0 Å². The summed E-state index contributed by atoms with van der Waals surface area (Å²) in [6.07, 6.45) is 8.60. The Kier molecular flexibility index (Phi) is 12.3. The summed E-state index contributed by atoms with van der Waals surface area (Å²) in [6, 6.07) is 2.29. The molecule has 0 spiro atoms. The maximum absolute atomic E-state index is 6.23. The van der Waals surface area contributed by atoms with E-state index >= 15 is 0 Å². The van der Waals surface area contributed by atoms with Crippen molar-refractivity contribution in [2.24, 2.45) is 0 Å². The molecular weight excluding hydrogens is 240 g/mol. The second-order valence-electron chi connectivity index (χ2n) is 5.13. The van der Waals surface area contributed by atoms with Gasteiger partial charge in [-0.05, 0) is 24.9 Å². The summed E-state index contributed by atoms with van der Waals surface area (Å²) in [7, 11) is -1.88. The lowest BCUT2D eigenvalue weighted by molar-refractivity contribution is 0.163. The van der Waals surface area contributed by atoms with Gasteiger partial charge in [0.1, 0.15) is 0 Å². The lowest BCUT2D eigenvalue weighted by Crippen LogP contribution is -2.42. The van der Waals surface area contributed by atoms with Crippen LogP contribution in [0.25, 0.3) is 0 Å². The lowest BCUT2D eigenvalue weighted by Gasteiger charge is -2.30. The van der Waals surface area contributed by atoms with Crippen LogP contribution in [0.3, 0.4) is 0 Å². The Bertz CT molecular complexity index is 147. The second kappa shape index (κ2) is 12.2. The van der Waals surface area contributed by atoms with Crippen molar-refractivity contribution in [2.75, 3.05) is 13.2 Å². The maximum atomic E-state index is 6.23. The average Bonchev–Trinajstić information content (AvgIpc) is 2.39. The van der Waals surface area contributed by atoms with E-state index in [1.54, 1.807) is 0 Å². The number of hydrogen-bond acceptors (Lipinski definition) is 2. The fourth-order valence-corrected chi connectivity index (χ4v) is 4.97. The average molecular weight is 275 g/mol. The molecule has 0 atom stereocenters. The SMILES string of the molecule is CCCCC[Si](CC)(OCCCC)OCCCC. The normalized spacial score (nSPS) is 12.0. The third-order valence-electron chi connectivity index (χ3n) is 3.43. The van der Waals surface area contributed by atoms with Gasteiger partial charge in [-0.3, -0.25) is 0 Å². The van der Waals surface area contributed by atoms with E-state index in [4.69, 9.17) is 8.85 Å². The number of hydrogen-bond donors (Lipinski definition) is 0. The lowest BCUT2D eigenvalue weighted by atomic mass is 10.3. The number of unbranched alkanes of at least 4 members (excludes halogenated alkanes) is 4. The highest BCUT2D eigenvalue weighted by molar-refractivity contribution is 6.67. The molecule has 110 valence electrons. The third kappa shape index (κ3) is 8.28. The van der Waals surface area contributed by atoms with Crippen molar-refractivity contribution < 1.29 is 8.85 Å². The Labute approximate surface area is 116 Å². The quantitative estimate of drug-likeness (QED) is 0.336. The van der Waals surface area contributed by atoms with Gasteiger partial charge in [0.15, 0.2) is 0 Å². The van der Waals surface area contributed by atoms with Crippen LogP contribution >= 0.6 is 0 Å². The van der Waals surface area contributed by atoms with Gasteiger partial charge in [-0.25, -0.2) is 0 Å². The molecule has 0 saturated carbocycles. The van der Waals surface area contributed by atoms with Crippen LogP contribution in [-0.2, 0) is 8.85 Å². The van der Waals surface area contributed by atoms with Gasteiger partial charge in [0, 0.05) is 13.2 Å². The highest BCUT2D eigenvalue weighted by atomic mass is 28.4. The smallest absolute Gasteiger partial charge is 0.337 e. The van der Waals surface area contributed by atoms with Gasteiger partial charge in [-0.1, -0.05) is 59.8 Å². The summed E-state index contributed by atoms with van der Waals surface area (Å²) in [6.45, 7) is 10.7. The van der Waals surface area contributed by atoms with Gasteiger partial charge in [0.05, 0.1) is 0 Å². The fraction of sp³-hybridized carbons (Fsp3) is 1.00. The molecule has 0 aromatic carbocycles. The van der Waals surface area contributed by atoms with Gasteiger partial charge in [-0.2, -0.15) is 0 Å². The van der Waals surface area contributed by atoms with Gasteiger partial charge < -0.3 is 8.85 Å². The largest absolute Gasteiger partial charge is 0.394 e. The Morgan fingerprint density at radius 2 is 1.17 bits per heavy atom. The molecule has 0 aliphatic carbocycles. The van der Waals surface area contributed by atoms with Crippen LogP contribution < -0.4 is 0 Å². The Morgan fingerprint density at radius 3 is 1.56 bits per heavy atom. The number of rotatable bonds is 13. The minimum Gasteiger partial charge on any atom is -0.394 e. The molecule has 0 rings (SSSR count). The third-order valence-corrected chi connectivity index (χ3v) is 7.08. The van der Waals surface area contributed by atoms with Crippen molar-refractivity contribution in [1.29, 1.82) is 0 Å². The van der Waals surface area contributed by atoms with Crippen molar-refractivity contribution in [3.8, 4) is 0 Å². The van der Waals surface area contributed by atoms with Gasteiger partial charge >= 0.3 is 8.56 Å². The molecule has 0 saturated heterocycles. The fourth-order valence-electron chi connectivity index (χ4n) is 2.02. The molecule has 0 unspecified atom stereocenters. The van der Waals surface area contributed by atoms with Crippen LogP contribution in [-0.4, -0.2) is 21.8 Å². The molecule has 0 fully saturated rings. The molecule has 0 heterocycles. The minimum atomic E-state index is -1.88. The Hall–Kier alpha value is 0.137. The molecule has 0 radical (unpaired) electrons. The Morgan fingerprint density at radius 1 is 0.667 bits per heavy atom. The van der Waals surface area contributed by atoms with E-state index in [0.29, 0.717) is 0 Å². The molecule has 0 aromatic heterocycles. The zero-order chi connectivity index (χ0) is 13.7. The molecular formula is C15H34O2Si. The second-order valence-corrected chi connectivity index (χ2v) is 8.73. The van der Waals surface area contributed by atoms with Crippen LogP contribution in [0.5, 0.6) is 0 Å². The van der Waals surface area contributed by atoms with E-state index in [0.717, 1.165) is 19.3 Å². The van der Waals surface area contributed by atoms with Gasteiger partial charge in [0.25, 0.3) is 0 Å². The monoisotopic (exact) mass is 274 g/mol. The topological polar surface area (TPSA) is 18.5 Å². The molecule has 3 heteroatoms. The zero-order valence-corrected chi connectivity index (χ0v) is 14.1. The first-order valence-corrected chi connectivity index (χ1v) is 10.3. The first kappa shape index (κ1) is 18.1. The maximum Gasteiger partial charge on any atom is 0.337 e. The molecule has 2 nitrogen and oxygen atoms in total. The van der Waals surface area contributed by atoms with Crippen LogP contribution in [0, 0.1) is 0 Å². The summed E-state index contributed by atoms with van der Waals surface area (Å²) in [5.74, 6) is 0. The van der Waals surface area contributed by atoms with E-state index < -0.39 is 8.56 Å².